The number of rotatable bonds is 8. The summed E-state index contributed by atoms with van der Waals surface area (Å²) < 4.78 is 10.2. The Labute approximate surface area is 183 Å². The summed E-state index contributed by atoms with van der Waals surface area (Å²) in [6, 6.07) is 6.75. The predicted molar refractivity (Wildman–Crippen MR) is 120 cm³/mol. The van der Waals surface area contributed by atoms with Crippen molar-refractivity contribution in [3.63, 3.8) is 0 Å². The van der Waals surface area contributed by atoms with E-state index in [1.807, 2.05) is 4.90 Å². The van der Waals surface area contributed by atoms with E-state index in [1.165, 1.54) is 27.6 Å². The number of benzene rings is 1. The van der Waals surface area contributed by atoms with Crippen LogP contribution in [0, 0.1) is 5.92 Å². The molecule has 0 radical (unpaired) electrons. The monoisotopic (exact) mass is 425 g/mol. The lowest BCUT2D eigenvalue weighted by Crippen LogP contribution is -2.46. The molecule has 0 amide bonds. The summed E-state index contributed by atoms with van der Waals surface area (Å²) in [5, 5.41) is 1.31. The Balaban J connectivity index is 1.58. The van der Waals surface area contributed by atoms with Crippen LogP contribution in [0.1, 0.15) is 25.0 Å². The zero-order valence-electron chi connectivity index (χ0n) is 18.5. The van der Waals surface area contributed by atoms with E-state index in [2.05, 4.69) is 47.4 Å². The molecule has 1 aliphatic heterocycles. The molecule has 0 saturated heterocycles. The fourth-order valence-corrected chi connectivity index (χ4v) is 4.96. The minimum Gasteiger partial charge on any atom is -0.465 e. The summed E-state index contributed by atoms with van der Waals surface area (Å²) >= 11 is 0. The Morgan fingerprint density at radius 1 is 1.16 bits per heavy atom. The maximum absolute atomic E-state index is 12.1. The van der Waals surface area contributed by atoms with Crippen LogP contribution in [0.3, 0.4) is 0 Å². The van der Waals surface area contributed by atoms with Crippen LogP contribution in [0.5, 0.6) is 0 Å². The highest BCUT2D eigenvalue weighted by atomic mass is 16.5. The molecule has 2 atom stereocenters. The molecule has 2 aliphatic rings. The molecule has 0 fully saturated rings. The summed E-state index contributed by atoms with van der Waals surface area (Å²) in [7, 11) is 2.16. The molecule has 4 rings (SSSR count). The molecule has 0 unspecified atom stereocenters. The quantitative estimate of drug-likeness (QED) is 0.655. The number of H-pyrrole nitrogens is 1. The Morgan fingerprint density at radius 3 is 2.55 bits per heavy atom. The molecular formula is C24H31N3O4. The lowest BCUT2D eigenvalue weighted by molar-refractivity contribution is -0.148. The van der Waals surface area contributed by atoms with E-state index in [1.54, 1.807) is 13.8 Å². The van der Waals surface area contributed by atoms with Gasteiger partial charge in [-0.3, -0.25) is 19.4 Å². The Morgan fingerprint density at radius 2 is 1.87 bits per heavy atom. The third-order valence-corrected chi connectivity index (χ3v) is 6.15. The number of aromatic nitrogens is 1. The fraction of sp³-hybridized carbons (Fsp3) is 0.500. The van der Waals surface area contributed by atoms with Gasteiger partial charge in [0.2, 0.25) is 0 Å². The Kier molecular flexibility index (Phi) is 6.43. The van der Waals surface area contributed by atoms with Gasteiger partial charge in [-0.1, -0.05) is 18.2 Å². The standard InChI is InChI=1S/C24H31N3O4/c1-4-30-22(28)14-27(15-23(29)31-5-2)13-16-9-19-18-7-6-8-20-24(18)17(11-25-20)10-21(19)26(3)12-16/h6-9,11,16,21,25H,4-5,10,12-15H2,1-3H3/t16-,21-/m1/s1. The normalized spacial score (nSPS) is 20.5. The average Bonchev–Trinajstić information content (AvgIpc) is 3.13. The van der Waals surface area contributed by atoms with Gasteiger partial charge in [-0.05, 0) is 50.1 Å². The largest absolute Gasteiger partial charge is 0.465 e. The van der Waals surface area contributed by atoms with Crippen LogP contribution in [-0.4, -0.2) is 79.2 Å². The van der Waals surface area contributed by atoms with Gasteiger partial charge >= 0.3 is 11.9 Å². The Bertz CT molecular complexity index is 976. The van der Waals surface area contributed by atoms with E-state index < -0.39 is 0 Å². The van der Waals surface area contributed by atoms with Gasteiger partial charge in [0.1, 0.15) is 0 Å². The first-order valence-electron chi connectivity index (χ1n) is 11.0. The first-order chi connectivity index (χ1) is 15.0. The van der Waals surface area contributed by atoms with E-state index in [0.29, 0.717) is 25.8 Å². The summed E-state index contributed by atoms with van der Waals surface area (Å²) in [6.45, 7) is 5.84. The number of ether oxygens (including phenoxy) is 2. The Hall–Kier alpha value is -2.64. The maximum Gasteiger partial charge on any atom is 0.320 e. The van der Waals surface area contributed by atoms with Gasteiger partial charge in [0, 0.05) is 42.1 Å². The van der Waals surface area contributed by atoms with Crippen LogP contribution in [0.2, 0.25) is 0 Å². The summed E-state index contributed by atoms with van der Waals surface area (Å²) in [6.07, 6.45) is 5.46. The van der Waals surface area contributed by atoms with Crippen molar-refractivity contribution in [3.05, 3.63) is 41.6 Å². The lowest BCUT2D eigenvalue weighted by atomic mass is 9.80. The first-order valence-corrected chi connectivity index (χ1v) is 11.0. The van der Waals surface area contributed by atoms with Crippen molar-refractivity contribution in [2.75, 3.05) is 46.4 Å². The average molecular weight is 426 g/mol. The third kappa shape index (κ3) is 4.52. The second-order valence-corrected chi connectivity index (χ2v) is 8.36. The van der Waals surface area contributed by atoms with Gasteiger partial charge in [0.15, 0.2) is 0 Å². The molecule has 7 heteroatoms. The van der Waals surface area contributed by atoms with E-state index in [9.17, 15) is 9.59 Å². The third-order valence-electron chi connectivity index (χ3n) is 6.15. The number of carbonyl (C=O) groups is 2. The molecule has 2 aromatic rings. The van der Waals surface area contributed by atoms with Crippen molar-refractivity contribution in [1.29, 1.82) is 0 Å². The van der Waals surface area contributed by atoms with Crippen LogP contribution < -0.4 is 0 Å². The minimum absolute atomic E-state index is 0.0804. The van der Waals surface area contributed by atoms with Crippen molar-refractivity contribution in [1.82, 2.24) is 14.8 Å². The van der Waals surface area contributed by atoms with Gasteiger partial charge in [-0.25, -0.2) is 0 Å². The van der Waals surface area contributed by atoms with Gasteiger partial charge < -0.3 is 14.5 Å². The van der Waals surface area contributed by atoms with Crippen molar-refractivity contribution in [3.8, 4) is 0 Å². The van der Waals surface area contributed by atoms with Crippen LogP contribution in [0.15, 0.2) is 30.5 Å². The number of hydrogen-bond acceptors (Lipinski definition) is 6. The second kappa shape index (κ2) is 9.24. The summed E-state index contributed by atoms with van der Waals surface area (Å²) in [5.41, 5.74) is 5.15. The highest BCUT2D eigenvalue weighted by molar-refractivity contribution is 5.98. The molecule has 31 heavy (non-hydrogen) atoms. The highest BCUT2D eigenvalue weighted by Crippen LogP contribution is 2.40. The molecule has 1 N–H and O–H groups in total. The number of fused-ring (bicyclic) bond motifs is 2. The molecule has 1 aromatic carbocycles. The fourth-order valence-electron chi connectivity index (χ4n) is 4.96. The van der Waals surface area contributed by atoms with Crippen molar-refractivity contribution < 1.29 is 19.1 Å². The minimum atomic E-state index is -0.319. The van der Waals surface area contributed by atoms with Gasteiger partial charge in [0.05, 0.1) is 26.3 Å². The van der Waals surface area contributed by atoms with E-state index >= 15 is 0 Å². The van der Waals surface area contributed by atoms with Crippen molar-refractivity contribution >= 4 is 28.4 Å². The van der Waals surface area contributed by atoms with E-state index in [4.69, 9.17) is 9.47 Å². The predicted octanol–water partition coefficient (Wildman–Crippen LogP) is 2.47. The number of hydrogen-bond donors (Lipinski definition) is 1. The number of aromatic amines is 1. The molecular weight excluding hydrogens is 394 g/mol. The van der Waals surface area contributed by atoms with E-state index in [-0.39, 0.29) is 30.9 Å². The van der Waals surface area contributed by atoms with Crippen molar-refractivity contribution in [2.45, 2.75) is 26.3 Å². The molecule has 1 aromatic heterocycles. The SMILES string of the molecule is CCOC(=O)CN(CC(=O)OCC)C[C@@H]1C=C2c3cccc4[nH]cc(c34)C[C@H]2N(C)C1. The van der Waals surface area contributed by atoms with Crippen LogP contribution in [0.4, 0.5) is 0 Å². The van der Waals surface area contributed by atoms with Crippen LogP contribution in [-0.2, 0) is 25.5 Å². The number of esters is 2. The molecule has 0 spiro atoms. The second-order valence-electron chi connectivity index (χ2n) is 8.36. The van der Waals surface area contributed by atoms with Crippen molar-refractivity contribution in [2.24, 2.45) is 5.92 Å². The number of nitrogens with one attached hydrogen (secondary N) is 1. The van der Waals surface area contributed by atoms with Gasteiger partial charge in [-0.15, -0.1) is 0 Å². The van der Waals surface area contributed by atoms with Gasteiger partial charge in [0.25, 0.3) is 0 Å². The molecule has 2 heterocycles. The van der Waals surface area contributed by atoms with E-state index in [0.717, 1.165) is 13.0 Å². The molecule has 0 saturated carbocycles. The zero-order chi connectivity index (χ0) is 22.0. The van der Waals surface area contributed by atoms with Crippen LogP contribution >= 0.6 is 0 Å². The summed E-state index contributed by atoms with van der Waals surface area (Å²) in [4.78, 5) is 31.9. The summed E-state index contributed by atoms with van der Waals surface area (Å²) in [5.74, 6) is -0.447. The molecule has 7 nitrogen and oxygen atoms in total. The number of likely N-dealkylation sites (N-methyl/N-ethyl adjacent to an activating group) is 1. The molecule has 166 valence electrons. The lowest BCUT2D eigenvalue weighted by Gasteiger charge is -2.41. The topological polar surface area (TPSA) is 74.9 Å². The zero-order valence-corrected chi connectivity index (χ0v) is 18.5. The molecule has 1 aliphatic carbocycles. The molecule has 0 bridgehead atoms. The van der Waals surface area contributed by atoms with Gasteiger partial charge in [-0.2, -0.15) is 0 Å². The number of nitrogens with zero attached hydrogens (tertiary/aromatic N) is 2. The smallest absolute Gasteiger partial charge is 0.320 e. The maximum atomic E-state index is 12.1. The highest BCUT2D eigenvalue weighted by Gasteiger charge is 2.34. The van der Waals surface area contributed by atoms with Crippen LogP contribution in [0.25, 0.3) is 16.5 Å². The first kappa shape index (κ1) is 21.6. The number of carbonyl (C=O) groups excluding carboxylic acids is 2.